The number of alkyl halides is 1. The number of rotatable bonds is 1. The Kier molecular flexibility index (Phi) is 2.39. The summed E-state index contributed by atoms with van der Waals surface area (Å²) in [6, 6.07) is 2.21. The zero-order valence-corrected chi connectivity index (χ0v) is 9.56. The average molecular weight is 241 g/mol. The Bertz CT molecular complexity index is 379. The highest BCUT2D eigenvalue weighted by Gasteiger charge is 2.43. The molecule has 3 heterocycles. The van der Waals surface area contributed by atoms with Gasteiger partial charge in [-0.05, 0) is 25.7 Å². The summed E-state index contributed by atoms with van der Waals surface area (Å²) in [6.07, 6.45) is 5.38. The third-order valence-corrected chi connectivity index (χ3v) is 3.92. The molecule has 2 atom stereocenters. The Hall–Kier alpha value is -1.03. The maximum Gasteiger partial charge on any atom is 0.276 e. The van der Waals surface area contributed by atoms with Gasteiger partial charge in [0.2, 0.25) is 0 Å². The molecule has 0 saturated carbocycles. The van der Waals surface area contributed by atoms with Gasteiger partial charge in [-0.3, -0.25) is 4.79 Å². The van der Waals surface area contributed by atoms with E-state index in [2.05, 4.69) is 5.16 Å². The second-order valence-electron chi connectivity index (χ2n) is 4.55. The van der Waals surface area contributed by atoms with E-state index in [1.165, 1.54) is 6.26 Å². The van der Waals surface area contributed by atoms with Crippen molar-refractivity contribution in [2.24, 2.45) is 0 Å². The maximum atomic E-state index is 12.2. The topological polar surface area (TPSA) is 46.3 Å². The molecule has 5 heteroatoms. The number of piperidine rings is 1. The van der Waals surface area contributed by atoms with Crippen LogP contribution in [0.25, 0.3) is 0 Å². The van der Waals surface area contributed by atoms with Crippen molar-refractivity contribution < 1.29 is 9.32 Å². The highest BCUT2D eigenvalue weighted by molar-refractivity contribution is 6.20. The summed E-state index contributed by atoms with van der Waals surface area (Å²) in [5.74, 6) is -0.00943. The molecule has 4 nitrogen and oxygen atoms in total. The number of amides is 1. The maximum absolute atomic E-state index is 12.2. The van der Waals surface area contributed by atoms with Crippen LogP contribution in [0.2, 0.25) is 0 Å². The Morgan fingerprint density at radius 1 is 1.44 bits per heavy atom. The van der Waals surface area contributed by atoms with Crippen LogP contribution in [0, 0.1) is 0 Å². The van der Waals surface area contributed by atoms with Gasteiger partial charge in [-0.15, -0.1) is 11.6 Å². The van der Waals surface area contributed by atoms with Crippen molar-refractivity contribution in [1.82, 2.24) is 10.1 Å². The van der Waals surface area contributed by atoms with Crippen LogP contribution >= 0.6 is 11.6 Å². The number of halogens is 1. The fraction of sp³-hybridized carbons (Fsp3) is 0.636. The molecule has 2 aliphatic heterocycles. The van der Waals surface area contributed by atoms with E-state index in [1.807, 2.05) is 4.90 Å². The van der Waals surface area contributed by atoms with Crippen LogP contribution in [0.5, 0.6) is 0 Å². The molecule has 2 bridgehead atoms. The van der Waals surface area contributed by atoms with Gasteiger partial charge < -0.3 is 9.42 Å². The van der Waals surface area contributed by atoms with Crippen molar-refractivity contribution in [2.45, 2.75) is 43.1 Å². The van der Waals surface area contributed by atoms with Gasteiger partial charge in [-0.2, -0.15) is 0 Å². The first-order valence-corrected chi connectivity index (χ1v) is 6.06. The second-order valence-corrected chi connectivity index (χ2v) is 5.17. The molecule has 1 aromatic rings. The monoisotopic (exact) mass is 240 g/mol. The van der Waals surface area contributed by atoms with Crippen molar-refractivity contribution in [3.05, 3.63) is 18.0 Å². The summed E-state index contributed by atoms with van der Waals surface area (Å²) < 4.78 is 4.71. The van der Waals surface area contributed by atoms with Crippen LogP contribution in [0.15, 0.2) is 16.9 Å². The lowest BCUT2D eigenvalue weighted by Gasteiger charge is -2.36. The van der Waals surface area contributed by atoms with Gasteiger partial charge in [0.05, 0.1) is 0 Å². The van der Waals surface area contributed by atoms with Crippen LogP contribution in [0.4, 0.5) is 0 Å². The van der Waals surface area contributed by atoms with Crippen molar-refractivity contribution >= 4 is 17.5 Å². The molecule has 0 aromatic carbocycles. The summed E-state index contributed by atoms with van der Waals surface area (Å²) in [7, 11) is 0. The number of nitrogens with zero attached hydrogens (tertiary/aromatic N) is 2. The zero-order chi connectivity index (χ0) is 11.1. The summed E-state index contributed by atoms with van der Waals surface area (Å²) in [5.41, 5.74) is 0.407. The van der Waals surface area contributed by atoms with E-state index in [0.717, 1.165) is 25.7 Å². The number of carbonyl (C=O) groups is 1. The highest BCUT2D eigenvalue weighted by Crippen LogP contribution is 2.38. The lowest BCUT2D eigenvalue weighted by molar-refractivity contribution is 0.0589. The minimum Gasteiger partial charge on any atom is -0.364 e. The minimum atomic E-state index is -0.00943. The highest BCUT2D eigenvalue weighted by atomic mass is 35.5. The minimum absolute atomic E-state index is 0.00943. The Balaban J connectivity index is 1.84. The first-order chi connectivity index (χ1) is 7.75. The van der Waals surface area contributed by atoms with E-state index >= 15 is 0 Å². The Morgan fingerprint density at radius 3 is 2.69 bits per heavy atom. The number of hydrogen-bond acceptors (Lipinski definition) is 3. The fourth-order valence-electron chi connectivity index (χ4n) is 2.90. The molecule has 2 saturated heterocycles. The van der Waals surface area contributed by atoms with Crippen LogP contribution in [-0.2, 0) is 0 Å². The quantitative estimate of drug-likeness (QED) is 0.706. The number of fused-ring (bicyclic) bond motifs is 2. The number of carbonyl (C=O) groups excluding carboxylic acids is 1. The average Bonchev–Trinajstić information content (AvgIpc) is 2.85. The summed E-state index contributed by atoms with van der Waals surface area (Å²) in [6.45, 7) is 0. The third kappa shape index (κ3) is 1.52. The van der Waals surface area contributed by atoms with Gasteiger partial charge in [0, 0.05) is 23.5 Å². The SMILES string of the molecule is O=C(c1ccon1)N1C2CCC1CC(Cl)C2. The molecule has 0 spiro atoms. The van der Waals surface area contributed by atoms with E-state index in [4.69, 9.17) is 16.1 Å². The van der Waals surface area contributed by atoms with Crippen LogP contribution in [0.3, 0.4) is 0 Å². The van der Waals surface area contributed by atoms with Gasteiger partial charge in [0.25, 0.3) is 5.91 Å². The van der Waals surface area contributed by atoms with Gasteiger partial charge in [0.15, 0.2) is 5.69 Å². The molecular weight excluding hydrogens is 228 g/mol. The largest absolute Gasteiger partial charge is 0.364 e. The molecule has 86 valence electrons. The fourth-order valence-corrected chi connectivity index (χ4v) is 3.31. The van der Waals surface area contributed by atoms with E-state index < -0.39 is 0 Å². The van der Waals surface area contributed by atoms with E-state index in [1.54, 1.807) is 6.07 Å². The Labute approximate surface area is 98.5 Å². The summed E-state index contributed by atoms with van der Waals surface area (Å²) >= 11 is 6.17. The lowest BCUT2D eigenvalue weighted by Crippen LogP contribution is -2.47. The van der Waals surface area contributed by atoms with Crippen LogP contribution in [0.1, 0.15) is 36.2 Å². The first-order valence-electron chi connectivity index (χ1n) is 5.63. The predicted octanol–water partition coefficient (Wildman–Crippen LogP) is 2.05. The van der Waals surface area contributed by atoms with Gasteiger partial charge in [-0.25, -0.2) is 0 Å². The molecule has 2 fully saturated rings. The second kappa shape index (κ2) is 3.77. The van der Waals surface area contributed by atoms with Crippen molar-refractivity contribution in [3.8, 4) is 0 Å². The predicted molar refractivity (Wildman–Crippen MR) is 58.4 cm³/mol. The standard InChI is InChI=1S/C11H13ClN2O2/c12-7-5-8-1-2-9(6-7)14(8)11(15)10-3-4-16-13-10/h3-4,7-9H,1-2,5-6H2. The van der Waals surface area contributed by atoms with Gasteiger partial charge in [0.1, 0.15) is 6.26 Å². The number of aromatic nitrogens is 1. The normalized spacial score (nSPS) is 33.1. The molecular formula is C11H13ClN2O2. The van der Waals surface area contributed by atoms with E-state index in [-0.39, 0.29) is 11.3 Å². The zero-order valence-electron chi connectivity index (χ0n) is 8.80. The molecule has 2 aliphatic rings. The van der Waals surface area contributed by atoms with Crippen LogP contribution in [-0.4, -0.2) is 33.4 Å². The van der Waals surface area contributed by atoms with Gasteiger partial charge >= 0.3 is 0 Å². The molecule has 0 N–H and O–H groups in total. The molecule has 2 unspecified atom stereocenters. The molecule has 0 radical (unpaired) electrons. The molecule has 1 amide bonds. The smallest absolute Gasteiger partial charge is 0.276 e. The molecule has 1 aromatic heterocycles. The van der Waals surface area contributed by atoms with Crippen molar-refractivity contribution in [1.29, 1.82) is 0 Å². The summed E-state index contributed by atoms with van der Waals surface area (Å²) in [4.78, 5) is 14.1. The molecule has 16 heavy (non-hydrogen) atoms. The van der Waals surface area contributed by atoms with Crippen LogP contribution < -0.4 is 0 Å². The molecule has 0 aliphatic carbocycles. The van der Waals surface area contributed by atoms with E-state index in [9.17, 15) is 4.79 Å². The number of hydrogen-bond donors (Lipinski definition) is 0. The van der Waals surface area contributed by atoms with Gasteiger partial charge in [-0.1, -0.05) is 5.16 Å². The van der Waals surface area contributed by atoms with Crippen molar-refractivity contribution in [2.75, 3.05) is 0 Å². The summed E-state index contributed by atoms with van der Waals surface area (Å²) in [5, 5.41) is 3.93. The van der Waals surface area contributed by atoms with E-state index in [0.29, 0.717) is 17.8 Å². The lowest BCUT2D eigenvalue weighted by atomic mass is 10.0. The Morgan fingerprint density at radius 2 is 2.12 bits per heavy atom. The van der Waals surface area contributed by atoms with Crippen molar-refractivity contribution in [3.63, 3.8) is 0 Å². The first kappa shape index (κ1) is 10.1. The third-order valence-electron chi connectivity index (χ3n) is 3.57. The molecule has 3 rings (SSSR count).